The molecule has 1 saturated heterocycles. The molecule has 1 spiro atoms. The molecular weight excluding hydrogens is 226 g/mol. The maximum atomic E-state index is 12.9. The lowest BCUT2D eigenvalue weighted by Crippen LogP contribution is -2.47. The molecule has 96 valence electrons. The highest BCUT2D eigenvalue weighted by Gasteiger charge is 2.63. The first kappa shape index (κ1) is 11.4. The van der Waals surface area contributed by atoms with Crippen LogP contribution in [0, 0.1) is 11.3 Å². The van der Waals surface area contributed by atoms with Gasteiger partial charge in [0.1, 0.15) is 5.92 Å². The van der Waals surface area contributed by atoms with Gasteiger partial charge in [-0.15, -0.1) is 0 Å². The van der Waals surface area contributed by atoms with E-state index in [1.807, 2.05) is 7.05 Å². The third kappa shape index (κ3) is 1.58. The van der Waals surface area contributed by atoms with Gasteiger partial charge < -0.3 is 10.2 Å². The molecule has 2 saturated carbocycles. The Bertz CT molecular complexity index is 354. The van der Waals surface area contributed by atoms with Crippen molar-refractivity contribution in [3.63, 3.8) is 0 Å². The first-order valence-electron chi connectivity index (χ1n) is 6.32. The van der Waals surface area contributed by atoms with Crippen molar-refractivity contribution < 1.29 is 13.6 Å². The first-order chi connectivity index (χ1) is 7.98. The summed E-state index contributed by atoms with van der Waals surface area (Å²) in [5, 5.41) is 3.24. The summed E-state index contributed by atoms with van der Waals surface area (Å²) in [5.74, 6) is -4.10. The van der Waals surface area contributed by atoms with Crippen LogP contribution in [-0.4, -0.2) is 42.9 Å². The number of carbonyl (C=O) groups excluding carboxylic acids is 1. The van der Waals surface area contributed by atoms with Crippen molar-refractivity contribution in [2.24, 2.45) is 11.3 Å². The summed E-state index contributed by atoms with van der Waals surface area (Å²) in [5.41, 5.74) is 0.175. The van der Waals surface area contributed by atoms with Crippen molar-refractivity contribution in [1.29, 1.82) is 0 Å². The Kier molecular flexibility index (Phi) is 2.28. The second-order valence-electron chi connectivity index (χ2n) is 5.79. The van der Waals surface area contributed by atoms with Gasteiger partial charge in [0.25, 0.3) is 5.92 Å². The minimum absolute atomic E-state index is 0.175. The Morgan fingerprint density at radius 2 is 2.06 bits per heavy atom. The zero-order valence-electron chi connectivity index (χ0n) is 10.0. The average Bonchev–Trinajstić information content (AvgIpc) is 2.74. The molecule has 3 aliphatic rings. The topological polar surface area (TPSA) is 32.3 Å². The van der Waals surface area contributed by atoms with Gasteiger partial charge in [0.05, 0.1) is 0 Å². The molecule has 2 aliphatic carbocycles. The predicted octanol–water partition coefficient (Wildman–Crippen LogP) is 1.24. The fourth-order valence-electron chi connectivity index (χ4n) is 3.37. The molecule has 3 nitrogen and oxygen atoms in total. The van der Waals surface area contributed by atoms with Crippen molar-refractivity contribution in [3.05, 3.63) is 0 Å². The van der Waals surface area contributed by atoms with Crippen molar-refractivity contribution in [2.75, 3.05) is 20.1 Å². The molecule has 0 bridgehead atoms. The van der Waals surface area contributed by atoms with Gasteiger partial charge in [-0.2, -0.15) is 0 Å². The average molecular weight is 244 g/mol. The third-order valence-corrected chi connectivity index (χ3v) is 4.78. The van der Waals surface area contributed by atoms with E-state index in [0.717, 1.165) is 12.8 Å². The number of hydrogen-bond acceptors (Lipinski definition) is 2. The van der Waals surface area contributed by atoms with Crippen molar-refractivity contribution in [3.8, 4) is 0 Å². The van der Waals surface area contributed by atoms with E-state index in [-0.39, 0.29) is 23.8 Å². The minimum Gasteiger partial charge on any atom is -0.340 e. The van der Waals surface area contributed by atoms with Crippen LogP contribution in [-0.2, 0) is 4.79 Å². The van der Waals surface area contributed by atoms with Crippen molar-refractivity contribution in [2.45, 2.75) is 37.6 Å². The number of amides is 1. The molecular formula is C12H18F2N2O. The van der Waals surface area contributed by atoms with Crippen LogP contribution in [0.5, 0.6) is 0 Å². The third-order valence-electron chi connectivity index (χ3n) is 4.78. The highest BCUT2D eigenvalue weighted by Crippen LogP contribution is 2.52. The zero-order chi connectivity index (χ0) is 12.3. The van der Waals surface area contributed by atoms with Crippen molar-refractivity contribution in [1.82, 2.24) is 10.2 Å². The van der Waals surface area contributed by atoms with Gasteiger partial charge in [0.2, 0.25) is 5.91 Å². The van der Waals surface area contributed by atoms with E-state index in [1.54, 1.807) is 4.90 Å². The second kappa shape index (κ2) is 3.40. The lowest BCUT2D eigenvalue weighted by molar-refractivity contribution is -0.134. The van der Waals surface area contributed by atoms with Gasteiger partial charge >= 0.3 is 0 Å². The van der Waals surface area contributed by atoms with Gasteiger partial charge in [-0.05, 0) is 19.9 Å². The molecule has 1 amide bonds. The normalized spacial score (nSPS) is 37.0. The Morgan fingerprint density at radius 1 is 1.41 bits per heavy atom. The van der Waals surface area contributed by atoms with Crippen LogP contribution >= 0.6 is 0 Å². The smallest absolute Gasteiger partial charge is 0.260 e. The fraction of sp³-hybridized carbons (Fsp3) is 0.917. The molecule has 1 N–H and O–H groups in total. The summed E-state index contributed by atoms with van der Waals surface area (Å²) >= 11 is 0. The van der Waals surface area contributed by atoms with Crippen LogP contribution in [0.3, 0.4) is 0 Å². The highest BCUT2D eigenvalue weighted by molar-refractivity contribution is 5.83. The molecule has 1 aliphatic heterocycles. The van der Waals surface area contributed by atoms with E-state index in [2.05, 4.69) is 5.32 Å². The van der Waals surface area contributed by atoms with E-state index < -0.39 is 11.8 Å². The number of hydrogen-bond donors (Lipinski definition) is 1. The van der Waals surface area contributed by atoms with E-state index in [9.17, 15) is 13.6 Å². The maximum absolute atomic E-state index is 12.9. The van der Waals surface area contributed by atoms with Crippen LogP contribution in [0.4, 0.5) is 8.78 Å². The Hall–Kier alpha value is -0.710. The lowest BCUT2D eigenvalue weighted by Gasteiger charge is -2.42. The fourth-order valence-corrected chi connectivity index (χ4v) is 3.37. The number of likely N-dealkylation sites (tertiary alicyclic amines) is 1. The summed E-state index contributed by atoms with van der Waals surface area (Å²) in [6.45, 7) is 1.27. The zero-order valence-corrected chi connectivity index (χ0v) is 10.0. The summed E-state index contributed by atoms with van der Waals surface area (Å²) in [6.07, 6.45) is 3.17. The quantitative estimate of drug-likeness (QED) is 0.792. The van der Waals surface area contributed by atoms with Gasteiger partial charge in [0, 0.05) is 31.0 Å². The monoisotopic (exact) mass is 244 g/mol. The second-order valence-corrected chi connectivity index (χ2v) is 5.79. The summed E-state index contributed by atoms with van der Waals surface area (Å²) < 4.78 is 25.8. The van der Waals surface area contributed by atoms with Gasteiger partial charge in [0.15, 0.2) is 0 Å². The Morgan fingerprint density at radius 3 is 2.41 bits per heavy atom. The van der Waals surface area contributed by atoms with Crippen LogP contribution in [0.1, 0.15) is 25.7 Å². The first-order valence-corrected chi connectivity index (χ1v) is 6.32. The maximum Gasteiger partial charge on any atom is 0.260 e. The summed E-state index contributed by atoms with van der Waals surface area (Å²) in [7, 11) is 1.89. The number of carbonyl (C=O) groups is 1. The molecule has 17 heavy (non-hydrogen) atoms. The Labute approximate surface area is 99.5 Å². The van der Waals surface area contributed by atoms with Gasteiger partial charge in [-0.3, -0.25) is 4.79 Å². The van der Waals surface area contributed by atoms with Crippen LogP contribution in [0.2, 0.25) is 0 Å². The summed E-state index contributed by atoms with van der Waals surface area (Å²) in [6, 6.07) is 0.285. The van der Waals surface area contributed by atoms with Gasteiger partial charge in [-0.25, -0.2) is 8.78 Å². The molecule has 0 aromatic carbocycles. The summed E-state index contributed by atoms with van der Waals surface area (Å²) in [4.78, 5) is 13.6. The highest BCUT2D eigenvalue weighted by atomic mass is 19.3. The molecule has 3 fully saturated rings. The van der Waals surface area contributed by atoms with Gasteiger partial charge in [-0.1, -0.05) is 6.42 Å². The van der Waals surface area contributed by atoms with E-state index in [1.165, 1.54) is 6.42 Å². The molecule has 5 heteroatoms. The SMILES string of the molecule is CNC1CN(C(=O)C2CC2(F)F)CC12CCC2. The molecule has 0 aromatic rings. The largest absolute Gasteiger partial charge is 0.340 e. The Balaban J connectivity index is 1.68. The number of likely N-dealkylation sites (N-methyl/N-ethyl adjacent to an activating group) is 1. The number of nitrogens with one attached hydrogen (secondary N) is 1. The van der Waals surface area contributed by atoms with Crippen LogP contribution < -0.4 is 5.32 Å². The minimum atomic E-state index is -2.73. The van der Waals surface area contributed by atoms with E-state index in [4.69, 9.17) is 0 Å². The predicted molar refractivity (Wildman–Crippen MR) is 58.8 cm³/mol. The molecule has 2 unspecified atom stereocenters. The number of nitrogens with zero attached hydrogens (tertiary/aromatic N) is 1. The molecule has 0 aromatic heterocycles. The number of alkyl halides is 2. The van der Waals surface area contributed by atoms with Crippen LogP contribution in [0.25, 0.3) is 0 Å². The molecule has 2 atom stereocenters. The number of rotatable bonds is 2. The van der Waals surface area contributed by atoms with E-state index >= 15 is 0 Å². The van der Waals surface area contributed by atoms with Crippen molar-refractivity contribution >= 4 is 5.91 Å². The molecule has 0 radical (unpaired) electrons. The molecule has 1 heterocycles. The standard InChI is InChI=1S/C12H18F2N2O/c1-15-9-6-16(7-11(9)3-2-4-11)10(17)8-5-12(8,13)14/h8-9,15H,2-7H2,1H3. The lowest BCUT2D eigenvalue weighted by atomic mass is 9.66. The number of halogens is 2. The van der Waals surface area contributed by atoms with Crippen LogP contribution in [0.15, 0.2) is 0 Å². The molecule has 3 rings (SSSR count). The van der Waals surface area contributed by atoms with E-state index in [0.29, 0.717) is 13.1 Å².